The number of esters is 1. The zero-order chi connectivity index (χ0) is 16.2. The molecule has 0 bridgehead atoms. The number of carbonyl (C=O) groups is 2. The Morgan fingerprint density at radius 3 is 2.38 bits per heavy atom. The molecule has 1 unspecified atom stereocenters. The number of nitrogens with one attached hydrogen (secondary N) is 1. The smallest absolute Gasteiger partial charge is 0.328 e. The number of likely N-dealkylation sites (tertiary alicyclic amines) is 1. The summed E-state index contributed by atoms with van der Waals surface area (Å²) in [4.78, 5) is 25.8. The van der Waals surface area contributed by atoms with E-state index >= 15 is 0 Å². The van der Waals surface area contributed by atoms with Crippen molar-refractivity contribution in [2.75, 3.05) is 33.9 Å². The van der Waals surface area contributed by atoms with E-state index in [1.165, 1.54) is 7.11 Å². The second-order valence-corrected chi connectivity index (χ2v) is 6.69. The maximum Gasteiger partial charge on any atom is 0.328 e. The Balaban J connectivity index is 2.56. The first kappa shape index (κ1) is 17.9. The molecule has 1 N–H and O–H groups in total. The molecule has 2 atom stereocenters. The van der Waals surface area contributed by atoms with Crippen molar-refractivity contribution in [3.8, 4) is 0 Å². The van der Waals surface area contributed by atoms with Crippen molar-refractivity contribution < 1.29 is 19.1 Å². The molecule has 0 aliphatic carbocycles. The van der Waals surface area contributed by atoms with Crippen LogP contribution in [0.25, 0.3) is 0 Å². The number of hydrogen-bond donors (Lipinski definition) is 1. The summed E-state index contributed by atoms with van der Waals surface area (Å²) in [5.41, 5.74) is 0.0226. The Kier molecular flexibility index (Phi) is 6.16. The molecule has 122 valence electrons. The summed E-state index contributed by atoms with van der Waals surface area (Å²) in [5, 5.41) is 2.76. The summed E-state index contributed by atoms with van der Waals surface area (Å²) >= 11 is 0. The van der Waals surface area contributed by atoms with Gasteiger partial charge in [-0.2, -0.15) is 0 Å². The Hall–Kier alpha value is -1.14. The molecule has 0 saturated carbocycles. The third-order valence-corrected chi connectivity index (χ3v) is 4.02. The van der Waals surface area contributed by atoms with Gasteiger partial charge >= 0.3 is 5.97 Å². The van der Waals surface area contributed by atoms with E-state index in [1.807, 2.05) is 13.8 Å². The van der Waals surface area contributed by atoms with E-state index in [-0.39, 0.29) is 29.9 Å². The lowest BCUT2D eigenvalue weighted by Gasteiger charge is -2.24. The Morgan fingerprint density at radius 1 is 1.33 bits per heavy atom. The van der Waals surface area contributed by atoms with Crippen molar-refractivity contribution in [3.63, 3.8) is 0 Å². The lowest BCUT2D eigenvalue weighted by Crippen LogP contribution is -2.48. The van der Waals surface area contributed by atoms with Gasteiger partial charge in [-0.15, -0.1) is 0 Å². The van der Waals surface area contributed by atoms with Crippen molar-refractivity contribution in [1.82, 2.24) is 10.2 Å². The quantitative estimate of drug-likeness (QED) is 0.730. The van der Waals surface area contributed by atoms with Gasteiger partial charge in [0.2, 0.25) is 5.91 Å². The minimum absolute atomic E-state index is 0.0110. The summed E-state index contributed by atoms with van der Waals surface area (Å²) in [6.07, 6.45) is 0.117. The molecular formula is C15H28N2O4. The van der Waals surface area contributed by atoms with Gasteiger partial charge in [-0.3, -0.25) is 9.69 Å². The number of carbonyl (C=O) groups excluding carboxylic acids is 2. The van der Waals surface area contributed by atoms with Crippen LogP contribution in [-0.2, 0) is 19.1 Å². The van der Waals surface area contributed by atoms with Crippen LogP contribution in [-0.4, -0.2) is 62.8 Å². The van der Waals surface area contributed by atoms with Crippen molar-refractivity contribution in [2.24, 2.45) is 11.3 Å². The van der Waals surface area contributed by atoms with Gasteiger partial charge in [-0.05, 0) is 5.92 Å². The van der Waals surface area contributed by atoms with Crippen LogP contribution in [0.3, 0.4) is 0 Å². The maximum atomic E-state index is 12.1. The van der Waals surface area contributed by atoms with Crippen LogP contribution in [0.15, 0.2) is 0 Å². The van der Waals surface area contributed by atoms with Crippen molar-refractivity contribution in [3.05, 3.63) is 0 Å². The van der Waals surface area contributed by atoms with Crippen LogP contribution >= 0.6 is 0 Å². The summed E-state index contributed by atoms with van der Waals surface area (Å²) in [6, 6.07) is -0.601. The zero-order valence-corrected chi connectivity index (χ0v) is 13.9. The van der Waals surface area contributed by atoms with Gasteiger partial charge in [0.15, 0.2) is 0 Å². The van der Waals surface area contributed by atoms with E-state index in [9.17, 15) is 9.59 Å². The number of nitrogens with zero attached hydrogens (tertiary/aromatic N) is 1. The molecule has 6 nitrogen and oxygen atoms in total. The highest BCUT2D eigenvalue weighted by molar-refractivity contribution is 5.85. The van der Waals surface area contributed by atoms with E-state index < -0.39 is 12.0 Å². The third-order valence-electron chi connectivity index (χ3n) is 4.02. The lowest BCUT2D eigenvalue weighted by atomic mass is 9.90. The van der Waals surface area contributed by atoms with Gasteiger partial charge in [0.1, 0.15) is 6.04 Å². The molecule has 1 rings (SSSR count). The lowest BCUT2D eigenvalue weighted by molar-refractivity contribution is -0.146. The van der Waals surface area contributed by atoms with E-state index in [2.05, 4.69) is 24.1 Å². The molecule has 1 amide bonds. The number of rotatable bonds is 6. The topological polar surface area (TPSA) is 67.9 Å². The van der Waals surface area contributed by atoms with Crippen LogP contribution in [0.2, 0.25) is 0 Å². The Morgan fingerprint density at radius 2 is 1.95 bits per heavy atom. The minimum Gasteiger partial charge on any atom is -0.467 e. The van der Waals surface area contributed by atoms with Gasteiger partial charge in [0, 0.05) is 25.6 Å². The second-order valence-electron chi connectivity index (χ2n) is 6.69. The standard InChI is InChI=1S/C15H28N2O4/c1-10(2)13(14(19)21-6)16-12(18)8-17-7-11(20-5)15(3,4)9-17/h10-11,13H,7-9H2,1-6H3,(H,16,18)/t11?,13-/m0/s1. The molecular weight excluding hydrogens is 272 g/mol. The number of ether oxygens (including phenoxy) is 2. The predicted octanol–water partition coefficient (Wildman–Crippen LogP) is 0.657. The molecule has 0 aromatic rings. The van der Waals surface area contributed by atoms with Gasteiger partial charge < -0.3 is 14.8 Å². The van der Waals surface area contributed by atoms with Crippen molar-refractivity contribution in [1.29, 1.82) is 0 Å². The molecule has 0 aromatic heterocycles. The highest BCUT2D eigenvalue weighted by atomic mass is 16.5. The van der Waals surface area contributed by atoms with E-state index in [4.69, 9.17) is 9.47 Å². The minimum atomic E-state index is -0.601. The van der Waals surface area contributed by atoms with Gasteiger partial charge in [-0.25, -0.2) is 4.79 Å². The monoisotopic (exact) mass is 300 g/mol. The molecule has 1 aliphatic heterocycles. The number of amides is 1. The molecule has 1 saturated heterocycles. The van der Waals surface area contributed by atoms with Gasteiger partial charge in [0.05, 0.1) is 19.8 Å². The van der Waals surface area contributed by atoms with E-state index in [0.29, 0.717) is 0 Å². The van der Waals surface area contributed by atoms with Crippen molar-refractivity contribution >= 4 is 11.9 Å². The van der Waals surface area contributed by atoms with Crippen molar-refractivity contribution in [2.45, 2.75) is 39.8 Å². The molecule has 21 heavy (non-hydrogen) atoms. The molecule has 0 radical (unpaired) electrons. The fourth-order valence-corrected chi connectivity index (χ4v) is 2.79. The maximum absolute atomic E-state index is 12.1. The first-order valence-corrected chi connectivity index (χ1v) is 7.33. The van der Waals surface area contributed by atoms with Crippen LogP contribution in [0.5, 0.6) is 0 Å². The fourth-order valence-electron chi connectivity index (χ4n) is 2.79. The SMILES string of the molecule is COC(=O)[C@@H](NC(=O)CN1CC(OC)C(C)(C)C1)C(C)C. The molecule has 1 fully saturated rings. The molecule has 1 heterocycles. The summed E-state index contributed by atoms with van der Waals surface area (Å²) < 4.78 is 10.2. The first-order chi connectivity index (χ1) is 9.71. The fraction of sp³-hybridized carbons (Fsp3) is 0.867. The van der Waals surface area contributed by atoms with Crippen LogP contribution in [0, 0.1) is 11.3 Å². The number of hydrogen-bond acceptors (Lipinski definition) is 5. The highest BCUT2D eigenvalue weighted by Crippen LogP contribution is 2.31. The van der Waals surface area contributed by atoms with E-state index in [0.717, 1.165) is 13.1 Å². The average Bonchev–Trinajstić information content (AvgIpc) is 2.68. The van der Waals surface area contributed by atoms with Gasteiger partial charge in [-0.1, -0.05) is 27.7 Å². The predicted molar refractivity (Wildman–Crippen MR) is 79.8 cm³/mol. The molecule has 1 aliphatic rings. The van der Waals surface area contributed by atoms with Crippen LogP contribution < -0.4 is 5.32 Å². The van der Waals surface area contributed by atoms with Gasteiger partial charge in [0.25, 0.3) is 0 Å². The largest absolute Gasteiger partial charge is 0.467 e. The Bertz CT molecular complexity index is 382. The normalized spacial score (nSPS) is 23.1. The second kappa shape index (κ2) is 7.22. The summed E-state index contributed by atoms with van der Waals surface area (Å²) in [6.45, 7) is 9.80. The summed E-state index contributed by atoms with van der Waals surface area (Å²) in [5.74, 6) is -0.579. The van der Waals surface area contributed by atoms with E-state index in [1.54, 1.807) is 7.11 Å². The first-order valence-electron chi connectivity index (χ1n) is 7.33. The zero-order valence-electron chi connectivity index (χ0n) is 13.9. The highest BCUT2D eigenvalue weighted by Gasteiger charge is 2.40. The summed E-state index contributed by atoms with van der Waals surface area (Å²) in [7, 11) is 3.03. The third kappa shape index (κ3) is 4.68. The van der Waals surface area contributed by atoms with Crippen LogP contribution in [0.4, 0.5) is 0 Å². The number of methoxy groups -OCH3 is 2. The average molecular weight is 300 g/mol. The Labute approximate surface area is 127 Å². The molecule has 6 heteroatoms. The molecule has 0 aromatic carbocycles. The molecule has 0 spiro atoms. The van der Waals surface area contributed by atoms with Crippen LogP contribution in [0.1, 0.15) is 27.7 Å².